The fourth-order valence-electron chi connectivity index (χ4n) is 10.4. The van der Waals surface area contributed by atoms with Crippen LogP contribution in [-0.2, 0) is 126 Å². The van der Waals surface area contributed by atoms with Crippen LogP contribution in [0.2, 0.25) is 0 Å². The summed E-state index contributed by atoms with van der Waals surface area (Å²) in [5.41, 5.74) is -1.33. The Hall–Kier alpha value is -4.08. The highest BCUT2D eigenvalue weighted by Gasteiger charge is 2.63. The predicted molar refractivity (Wildman–Crippen MR) is 425 cm³/mol. The number of anilines is 2. The van der Waals surface area contributed by atoms with E-state index in [1.165, 1.54) is 118 Å². The average molecular weight is 1770 g/mol. The van der Waals surface area contributed by atoms with Crippen molar-refractivity contribution < 1.29 is 142 Å². The Morgan fingerprint density at radius 3 is 0.643 bits per heavy atom. The smallest absolute Gasteiger partial charge is 0.397 e. The third-order valence-electron chi connectivity index (χ3n) is 16.9. The Morgan fingerprint density at radius 2 is 0.500 bits per heavy atom. The molecule has 10 N–H and O–H groups in total. The molecule has 0 aromatic heterocycles. The second-order valence-electron chi connectivity index (χ2n) is 23.5. The lowest BCUT2D eigenvalue weighted by Gasteiger charge is -2.47. The zero-order valence-corrected chi connectivity index (χ0v) is 73.5. The molecule has 2 saturated heterocycles. The molecular weight excluding hydrogens is 1650 g/mol. The lowest BCUT2D eigenvalue weighted by molar-refractivity contribution is -0.226. The van der Waals surface area contributed by atoms with Gasteiger partial charge in [-0.3, -0.25) is 36.9 Å². The van der Waals surface area contributed by atoms with E-state index in [1.54, 1.807) is 0 Å². The molecule has 2 aliphatic rings. The molecule has 2 aliphatic heterocycles. The normalized spacial score (nSPS) is 21.4. The van der Waals surface area contributed by atoms with Gasteiger partial charge in [-0.15, -0.1) is 25.3 Å². The Labute approximate surface area is 674 Å². The fourth-order valence-corrected chi connectivity index (χ4v) is 14.5. The maximum atomic E-state index is 12.8. The Bertz CT molecular complexity index is 3400. The molecule has 2 heterocycles. The van der Waals surface area contributed by atoms with Crippen LogP contribution in [-0.4, -0.2) is 308 Å². The van der Waals surface area contributed by atoms with Crippen molar-refractivity contribution in [2.45, 2.75) is 196 Å². The summed E-state index contributed by atoms with van der Waals surface area (Å²) in [5.74, 6) is -6.19. The zero-order valence-electron chi connectivity index (χ0n) is 66.8. The largest absolute Gasteiger partial charge is 0.479 e. The summed E-state index contributed by atoms with van der Waals surface area (Å²) in [5, 5.41) is 24.2. The number of amides is 2. The van der Waals surface area contributed by atoms with Gasteiger partial charge in [-0.2, -0.15) is 50.5 Å². The molecule has 2 amide bonds. The maximum Gasteiger partial charge on any atom is 0.397 e. The number of carboxylic acids is 2. The predicted octanol–water partition coefficient (Wildman–Crippen LogP) is 5.39. The molecule has 112 heavy (non-hydrogen) atoms. The van der Waals surface area contributed by atoms with Crippen molar-refractivity contribution in [3.05, 3.63) is 59.7 Å². The number of carbonyl (C=O) groups excluding carboxylic acids is 2. The second kappa shape index (κ2) is 54.8. The molecule has 4 rings (SSSR count). The summed E-state index contributed by atoms with van der Waals surface area (Å²) in [6, 6.07) is 7.54. The van der Waals surface area contributed by atoms with E-state index in [1.807, 2.05) is 0 Å². The molecule has 2 fully saturated rings. The van der Waals surface area contributed by atoms with Crippen LogP contribution in [0.4, 0.5) is 11.4 Å². The summed E-state index contributed by atoms with van der Waals surface area (Å²) >= 11 is 8.17. The monoisotopic (exact) mass is 1770 g/mol. The second-order valence-corrected chi connectivity index (χ2v) is 31.1. The number of carbonyl (C=O) groups is 4. The first-order valence-electron chi connectivity index (χ1n) is 36.0. The van der Waals surface area contributed by atoms with E-state index in [9.17, 15) is 107 Å². The molecule has 2 aromatic rings. The lowest BCUT2D eigenvalue weighted by atomic mass is 9.90. The van der Waals surface area contributed by atoms with Crippen LogP contribution in [0.1, 0.15) is 149 Å². The molecule has 0 radical (unpaired) electrons. The number of aliphatic carboxylic acids is 2. The van der Waals surface area contributed by atoms with Crippen LogP contribution < -0.4 is 10.6 Å². The van der Waals surface area contributed by atoms with Gasteiger partial charge in [0, 0.05) is 24.2 Å². The molecule has 48 heteroatoms. The van der Waals surface area contributed by atoms with Crippen LogP contribution in [0.5, 0.6) is 0 Å². The Balaban J connectivity index is -0.00000227. The van der Waals surface area contributed by atoms with Crippen LogP contribution in [0.3, 0.4) is 0 Å². The van der Waals surface area contributed by atoms with Gasteiger partial charge in [0.05, 0.1) is 0 Å². The highest BCUT2D eigenvalue weighted by Crippen LogP contribution is 2.48. The summed E-state index contributed by atoms with van der Waals surface area (Å²) in [6.07, 6.45) is -24.0. The summed E-state index contributed by atoms with van der Waals surface area (Å²) in [4.78, 5) is 58.2. The Morgan fingerprint density at radius 1 is 0.330 bits per heavy atom. The van der Waals surface area contributed by atoms with Crippen molar-refractivity contribution in [3.8, 4) is 0 Å². The number of benzene rings is 2. The maximum absolute atomic E-state index is 12.8. The Kier molecular flexibility index (Phi) is 54.9. The number of nitrogens with zero attached hydrogens (tertiary/aromatic N) is 6. The van der Waals surface area contributed by atoms with Crippen molar-refractivity contribution in [1.82, 2.24) is 29.4 Å². The molecule has 0 aliphatic carbocycles. The quantitative estimate of drug-likeness (QED) is 0.0295. The van der Waals surface area contributed by atoms with Crippen molar-refractivity contribution in [2.75, 3.05) is 128 Å². The lowest BCUT2D eigenvalue weighted by Crippen LogP contribution is -2.65. The van der Waals surface area contributed by atoms with Crippen LogP contribution in [0, 0.1) is 0 Å². The van der Waals surface area contributed by atoms with Crippen molar-refractivity contribution in [2.24, 2.45) is 0 Å². The van der Waals surface area contributed by atoms with Crippen molar-refractivity contribution >= 4 is 123 Å². The van der Waals surface area contributed by atoms with Gasteiger partial charge in [0.2, 0.25) is 11.8 Å². The standard InChI is InChI=1S/C28H32N2O32S8.6C6H15N/c31-15(29-13-5-1-11(2-6-13)27(63)23(61-69(49,50)51)19(59-67(43,44)45)17(57-65(37,38)39)21(55-27)25(33)34)9-10-16(32)30-14-7-3-12(4-8-14)28(64)24(62-70(52,53)54)20(60-68(46,47)48)18(58-66(40,41)42)22(56-28)26(35)36;6*1-4-7(5-2)6-3/h1-8,17-24,63-64H,9-10H2,(H,29,31)(H,30,32)(H,33,34)(H,35,36)(H,37,38,39)(H,40,41,42)(H,43,44,45)(H,46,47,48)(H,49,50,51)(H,52,53,54);6*4-6H2,1-3H3/t17-,18-,19-,20-,21-,22-,23+,24+,27+,28+;;;;;;/m0....../s1. The van der Waals surface area contributed by atoms with Gasteiger partial charge in [-0.25, -0.2) is 34.7 Å². The first kappa shape index (κ1) is 112. The van der Waals surface area contributed by atoms with E-state index in [4.69, 9.17) is 9.47 Å². The number of hydrogen-bond donors (Lipinski definition) is 12. The van der Waals surface area contributed by atoms with E-state index >= 15 is 0 Å². The van der Waals surface area contributed by atoms with Gasteiger partial charge in [0.15, 0.2) is 34.3 Å². The molecule has 10 atom stereocenters. The summed E-state index contributed by atoms with van der Waals surface area (Å²) in [6.45, 7) is 60.8. The summed E-state index contributed by atoms with van der Waals surface area (Å²) < 4.78 is 233. The third-order valence-corrected chi connectivity index (χ3v) is 20.9. The highest BCUT2D eigenvalue weighted by atomic mass is 32.3. The van der Waals surface area contributed by atoms with E-state index in [0.29, 0.717) is 0 Å². The summed E-state index contributed by atoms with van der Waals surface area (Å²) in [7, 11) is -34.8. The average Bonchev–Trinajstić information content (AvgIpc) is 0.741. The molecule has 2 aromatic carbocycles. The topological polar surface area (TPSA) is 552 Å². The van der Waals surface area contributed by atoms with Gasteiger partial charge >= 0.3 is 74.3 Å². The molecule has 0 spiro atoms. The number of hydrogen-bond acceptors (Lipinski definition) is 32. The number of carboxylic acid groups (broad SMARTS) is 2. The zero-order chi connectivity index (χ0) is 87.6. The molecule has 0 saturated carbocycles. The minimum absolute atomic E-state index is 0.148. The van der Waals surface area contributed by atoms with Gasteiger partial charge < -0.3 is 59.7 Å². The molecule has 0 bridgehead atoms. The number of nitrogens with one attached hydrogen (secondary N) is 2. The number of rotatable bonds is 39. The first-order chi connectivity index (χ1) is 51.7. The third kappa shape index (κ3) is 45.0. The van der Waals surface area contributed by atoms with E-state index in [-0.39, 0.29) is 11.4 Å². The van der Waals surface area contributed by atoms with Crippen LogP contribution >= 0.6 is 25.3 Å². The molecule has 658 valence electrons. The van der Waals surface area contributed by atoms with Gasteiger partial charge in [-0.05, 0) is 153 Å². The van der Waals surface area contributed by atoms with Crippen molar-refractivity contribution in [3.63, 3.8) is 0 Å². The molecule has 40 nitrogen and oxygen atoms in total. The van der Waals surface area contributed by atoms with E-state index in [2.05, 4.69) is 215 Å². The van der Waals surface area contributed by atoms with Gasteiger partial charge in [0.1, 0.15) is 24.4 Å². The van der Waals surface area contributed by atoms with Crippen LogP contribution in [0.25, 0.3) is 0 Å². The number of ether oxygens (including phenoxy) is 2. The van der Waals surface area contributed by atoms with Gasteiger partial charge in [-0.1, -0.05) is 149 Å². The van der Waals surface area contributed by atoms with Crippen molar-refractivity contribution in [1.29, 1.82) is 0 Å². The highest BCUT2D eigenvalue weighted by molar-refractivity contribution is 7.83. The first-order valence-corrected chi connectivity index (χ1v) is 45.1. The molecular formula is C64H122N8O32S8. The van der Waals surface area contributed by atoms with Gasteiger partial charge in [0.25, 0.3) is 0 Å². The minimum atomic E-state index is -5.84. The minimum Gasteiger partial charge on any atom is -0.479 e. The fraction of sp³-hybridized carbons (Fsp3) is 0.750. The van der Waals surface area contributed by atoms with E-state index < -0.39 is 169 Å². The number of thiol groups is 2. The van der Waals surface area contributed by atoms with E-state index in [0.717, 1.165) is 48.5 Å². The van der Waals surface area contributed by atoms with Crippen LogP contribution in [0.15, 0.2) is 48.5 Å². The SMILES string of the molecule is CCN(CC)CC.CCN(CC)CC.CCN(CC)CC.CCN(CC)CC.CCN(CC)CC.CCN(CC)CC.O=C(CCC(=O)Nc1ccc([C@]2(S)O[C@H](C(=O)O)[C@@H](OS(=O)(=O)O)[C@H](OS(=O)(=O)O)[C@H]2OS(=O)(=O)O)cc1)Nc1ccc([C@]2(S)O[C@H](C(=O)O)[C@@H](OS(=O)(=O)O)[C@H](OS(=O)(=O)O)[C@H]2OS(=O)(=O)O)cc1. The molecule has 0 unspecified atom stereocenters.